The number of hydrogen-bond acceptors (Lipinski definition) is 2. The van der Waals surface area contributed by atoms with Crippen LogP contribution in [-0.2, 0) is 10.2 Å². The summed E-state index contributed by atoms with van der Waals surface area (Å²) in [4.78, 5) is 12.6. The van der Waals surface area contributed by atoms with Gasteiger partial charge in [0.15, 0.2) is 0 Å². The molecule has 0 saturated heterocycles. The third kappa shape index (κ3) is 2.67. The van der Waals surface area contributed by atoms with Crippen molar-refractivity contribution in [2.75, 3.05) is 6.54 Å². The molecule has 1 aromatic carbocycles. The normalized spacial score (nSPS) is 30.5. The Morgan fingerprint density at radius 1 is 1.27 bits per heavy atom. The van der Waals surface area contributed by atoms with Crippen LogP contribution in [0.5, 0.6) is 0 Å². The van der Waals surface area contributed by atoms with Gasteiger partial charge in [0.25, 0.3) is 0 Å². The van der Waals surface area contributed by atoms with Crippen LogP contribution in [0.4, 0.5) is 0 Å². The molecule has 4 unspecified atom stereocenters. The van der Waals surface area contributed by atoms with Crippen molar-refractivity contribution >= 4 is 5.91 Å². The van der Waals surface area contributed by atoms with Gasteiger partial charge in [-0.25, -0.2) is 0 Å². The van der Waals surface area contributed by atoms with Gasteiger partial charge < -0.3 is 11.1 Å². The summed E-state index contributed by atoms with van der Waals surface area (Å²) in [5, 5.41) is 3.19. The fourth-order valence-electron chi connectivity index (χ4n) is 4.58. The largest absolute Gasteiger partial charge is 0.355 e. The highest BCUT2D eigenvalue weighted by Gasteiger charge is 2.49. The predicted octanol–water partition coefficient (Wildman–Crippen LogP) is 2.76. The number of rotatable bonds is 4. The van der Waals surface area contributed by atoms with Gasteiger partial charge in [0.1, 0.15) is 0 Å². The van der Waals surface area contributed by atoms with Crippen molar-refractivity contribution in [3.05, 3.63) is 35.4 Å². The number of benzene rings is 1. The smallest absolute Gasteiger partial charge is 0.224 e. The lowest BCUT2D eigenvalue weighted by atomic mass is 9.81. The Morgan fingerprint density at radius 3 is 2.59 bits per heavy atom. The van der Waals surface area contributed by atoms with E-state index in [1.54, 1.807) is 0 Å². The third-order valence-corrected chi connectivity index (χ3v) is 5.86. The maximum Gasteiger partial charge on any atom is 0.224 e. The van der Waals surface area contributed by atoms with Gasteiger partial charge in [0.2, 0.25) is 5.91 Å². The van der Waals surface area contributed by atoms with E-state index < -0.39 is 0 Å². The minimum atomic E-state index is -0.0667. The highest BCUT2D eigenvalue weighted by atomic mass is 16.1. The number of aryl methyl sites for hydroxylation is 1. The van der Waals surface area contributed by atoms with E-state index in [0.29, 0.717) is 18.4 Å². The SMILES string of the molecule is Cc1ccccc1C(C)(C)CNC(=O)C1C2CCC(C2)C1N. The molecule has 0 spiro atoms. The summed E-state index contributed by atoms with van der Waals surface area (Å²) in [6, 6.07) is 8.48. The Hall–Kier alpha value is -1.35. The zero-order valence-corrected chi connectivity index (χ0v) is 13.9. The molecule has 3 N–H and O–H groups in total. The second-order valence-electron chi connectivity index (χ2n) is 7.85. The van der Waals surface area contributed by atoms with Gasteiger partial charge in [-0.2, -0.15) is 0 Å². The molecule has 0 aromatic heterocycles. The maximum atomic E-state index is 12.6. The minimum Gasteiger partial charge on any atom is -0.355 e. The summed E-state index contributed by atoms with van der Waals surface area (Å²) in [6.45, 7) is 7.18. The van der Waals surface area contributed by atoms with E-state index in [0.717, 1.165) is 6.42 Å². The summed E-state index contributed by atoms with van der Waals surface area (Å²) < 4.78 is 0. The highest BCUT2D eigenvalue weighted by molar-refractivity contribution is 5.80. The number of nitrogens with one attached hydrogen (secondary N) is 1. The Kier molecular flexibility index (Phi) is 4.02. The average molecular weight is 300 g/mol. The molecule has 0 heterocycles. The van der Waals surface area contributed by atoms with Gasteiger partial charge in [0, 0.05) is 18.0 Å². The molecule has 3 heteroatoms. The lowest BCUT2D eigenvalue weighted by Gasteiger charge is -2.31. The first-order chi connectivity index (χ1) is 10.4. The maximum absolute atomic E-state index is 12.6. The molecule has 3 rings (SSSR count). The van der Waals surface area contributed by atoms with Crippen molar-refractivity contribution in [1.82, 2.24) is 5.32 Å². The molecule has 2 bridgehead atoms. The van der Waals surface area contributed by atoms with Crippen molar-refractivity contribution in [3.63, 3.8) is 0 Å². The number of carbonyl (C=O) groups is 1. The van der Waals surface area contributed by atoms with E-state index in [1.165, 1.54) is 24.0 Å². The second kappa shape index (κ2) is 5.69. The third-order valence-electron chi connectivity index (χ3n) is 5.86. The standard InChI is InChI=1S/C19H28N2O/c1-12-6-4-5-7-15(12)19(2,3)11-21-18(22)16-13-8-9-14(10-13)17(16)20/h4-7,13-14,16-17H,8-11,20H2,1-3H3,(H,21,22). The monoisotopic (exact) mass is 300 g/mol. The van der Waals surface area contributed by atoms with Crippen molar-refractivity contribution in [1.29, 1.82) is 0 Å². The molecule has 2 saturated carbocycles. The number of amides is 1. The molecule has 2 aliphatic rings. The lowest BCUT2D eigenvalue weighted by Crippen LogP contribution is -2.47. The van der Waals surface area contributed by atoms with Crippen molar-refractivity contribution in [2.45, 2.75) is 51.5 Å². The fraction of sp³-hybridized carbons (Fsp3) is 0.632. The van der Waals surface area contributed by atoms with Crippen LogP contribution in [0.2, 0.25) is 0 Å². The zero-order chi connectivity index (χ0) is 15.9. The van der Waals surface area contributed by atoms with E-state index in [9.17, 15) is 4.79 Å². The molecule has 2 aliphatic carbocycles. The van der Waals surface area contributed by atoms with E-state index in [1.807, 2.05) is 0 Å². The van der Waals surface area contributed by atoms with Crippen LogP contribution in [0.1, 0.15) is 44.2 Å². The number of fused-ring (bicyclic) bond motifs is 2. The van der Waals surface area contributed by atoms with Gasteiger partial charge in [0.05, 0.1) is 5.92 Å². The quantitative estimate of drug-likeness (QED) is 0.898. The van der Waals surface area contributed by atoms with Crippen molar-refractivity contribution in [3.8, 4) is 0 Å². The Labute approximate surface area is 133 Å². The second-order valence-corrected chi connectivity index (χ2v) is 7.85. The molecular formula is C19H28N2O. The fourth-order valence-corrected chi connectivity index (χ4v) is 4.58. The summed E-state index contributed by atoms with van der Waals surface area (Å²) in [5.74, 6) is 1.29. The van der Waals surface area contributed by atoms with Gasteiger partial charge in [-0.3, -0.25) is 4.79 Å². The lowest BCUT2D eigenvalue weighted by molar-refractivity contribution is -0.127. The summed E-state index contributed by atoms with van der Waals surface area (Å²) in [5.41, 5.74) is 8.79. The zero-order valence-electron chi connectivity index (χ0n) is 13.9. The Balaban J connectivity index is 1.65. The minimum absolute atomic E-state index is 0.0337. The molecule has 4 atom stereocenters. The van der Waals surface area contributed by atoms with Gasteiger partial charge in [-0.05, 0) is 49.1 Å². The molecule has 0 radical (unpaired) electrons. The number of nitrogens with two attached hydrogens (primary N) is 1. The van der Waals surface area contributed by atoms with Gasteiger partial charge in [-0.15, -0.1) is 0 Å². The first kappa shape index (κ1) is 15.5. The molecule has 120 valence electrons. The van der Waals surface area contributed by atoms with Gasteiger partial charge in [-0.1, -0.05) is 38.1 Å². The number of hydrogen-bond donors (Lipinski definition) is 2. The van der Waals surface area contributed by atoms with E-state index in [4.69, 9.17) is 5.73 Å². The molecule has 1 aromatic rings. The van der Waals surface area contributed by atoms with E-state index in [2.05, 4.69) is 50.4 Å². The van der Waals surface area contributed by atoms with Crippen LogP contribution >= 0.6 is 0 Å². The molecule has 22 heavy (non-hydrogen) atoms. The summed E-state index contributed by atoms with van der Waals surface area (Å²) >= 11 is 0. The summed E-state index contributed by atoms with van der Waals surface area (Å²) in [7, 11) is 0. The Morgan fingerprint density at radius 2 is 1.95 bits per heavy atom. The molecular weight excluding hydrogens is 272 g/mol. The van der Waals surface area contributed by atoms with E-state index in [-0.39, 0.29) is 23.3 Å². The van der Waals surface area contributed by atoms with Crippen LogP contribution < -0.4 is 11.1 Å². The molecule has 0 aliphatic heterocycles. The van der Waals surface area contributed by atoms with Crippen LogP contribution in [0, 0.1) is 24.7 Å². The van der Waals surface area contributed by atoms with Crippen molar-refractivity contribution in [2.24, 2.45) is 23.5 Å². The summed E-state index contributed by atoms with van der Waals surface area (Å²) in [6.07, 6.45) is 3.54. The van der Waals surface area contributed by atoms with Crippen LogP contribution in [0.15, 0.2) is 24.3 Å². The first-order valence-electron chi connectivity index (χ1n) is 8.49. The molecule has 2 fully saturated rings. The average Bonchev–Trinajstić information content (AvgIpc) is 3.06. The van der Waals surface area contributed by atoms with Crippen LogP contribution in [-0.4, -0.2) is 18.5 Å². The number of carbonyl (C=O) groups excluding carboxylic acids is 1. The van der Waals surface area contributed by atoms with E-state index >= 15 is 0 Å². The van der Waals surface area contributed by atoms with Crippen LogP contribution in [0.25, 0.3) is 0 Å². The van der Waals surface area contributed by atoms with Gasteiger partial charge >= 0.3 is 0 Å². The highest BCUT2D eigenvalue weighted by Crippen LogP contribution is 2.47. The van der Waals surface area contributed by atoms with Crippen molar-refractivity contribution < 1.29 is 4.79 Å². The predicted molar refractivity (Wildman–Crippen MR) is 89.5 cm³/mol. The Bertz CT molecular complexity index is 564. The first-order valence-corrected chi connectivity index (χ1v) is 8.49. The molecule has 3 nitrogen and oxygen atoms in total. The molecule has 1 amide bonds. The topological polar surface area (TPSA) is 55.1 Å². The van der Waals surface area contributed by atoms with Crippen LogP contribution in [0.3, 0.4) is 0 Å².